The Morgan fingerprint density at radius 2 is 1.56 bits per heavy atom. The molecule has 2 aromatic rings. The van der Waals surface area contributed by atoms with E-state index in [2.05, 4.69) is 0 Å². The van der Waals surface area contributed by atoms with E-state index in [4.69, 9.17) is 0 Å². The molecule has 1 unspecified atom stereocenters. The van der Waals surface area contributed by atoms with E-state index in [1.165, 1.54) is 6.07 Å². The Balaban J connectivity index is 2.46. The zero-order valence-electron chi connectivity index (χ0n) is 9.12. The van der Waals surface area contributed by atoms with Gasteiger partial charge in [0.25, 0.3) is 0 Å². The summed E-state index contributed by atoms with van der Waals surface area (Å²) in [4.78, 5) is 0. The first kappa shape index (κ1) is 10.7. The number of hydrogen-bond donors (Lipinski definition) is 5. The van der Waals surface area contributed by atoms with Crippen LogP contribution in [0.4, 0.5) is 0 Å². The molecule has 0 saturated heterocycles. The first-order chi connectivity index (χ1) is 8.52. The Kier molecular flexibility index (Phi) is 1.97. The summed E-state index contributed by atoms with van der Waals surface area (Å²) in [5, 5.41) is 49.0. The molecule has 0 aromatic heterocycles. The molecule has 5 heteroatoms. The minimum Gasteiger partial charge on any atom is -0.507 e. The highest BCUT2D eigenvalue weighted by molar-refractivity contribution is 5.89. The van der Waals surface area contributed by atoms with Gasteiger partial charge in [0.1, 0.15) is 17.6 Å². The zero-order valence-corrected chi connectivity index (χ0v) is 9.12. The fourth-order valence-corrected chi connectivity index (χ4v) is 2.41. The van der Waals surface area contributed by atoms with Crippen molar-refractivity contribution >= 4 is 0 Å². The van der Waals surface area contributed by atoms with Crippen molar-refractivity contribution in [2.75, 3.05) is 0 Å². The maximum atomic E-state index is 10.1. The van der Waals surface area contributed by atoms with Crippen LogP contribution in [-0.2, 0) is 0 Å². The predicted octanol–water partition coefficient (Wildman–Crippen LogP) is 1.57. The molecule has 1 aliphatic carbocycles. The molecule has 1 aliphatic rings. The molecule has 1 atom stereocenters. The second-order valence-corrected chi connectivity index (χ2v) is 4.20. The molecule has 3 rings (SSSR count). The molecule has 0 fully saturated rings. The third-order valence-corrected chi connectivity index (χ3v) is 3.19. The van der Waals surface area contributed by atoms with Crippen LogP contribution in [0.15, 0.2) is 24.3 Å². The summed E-state index contributed by atoms with van der Waals surface area (Å²) in [6.45, 7) is 0. The molecular weight excluding hydrogens is 236 g/mol. The number of fused-ring (bicyclic) bond motifs is 3. The fraction of sp³-hybridized carbons (Fsp3) is 0.0769. The molecule has 0 spiro atoms. The fourth-order valence-electron chi connectivity index (χ4n) is 2.41. The smallest absolute Gasteiger partial charge is 0.164 e. The molecule has 92 valence electrons. The van der Waals surface area contributed by atoms with Gasteiger partial charge >= 0.3 is 0 Å². The van der Waals surface area contributed by atoms with Gasteiger partial charge in [-0.05, 0) is 11.6 Å². The summed E-state index contributed by atoms with van der Waals surface area (Å²) in [5.74, 6) is -1.42. The molecule has 5 nitrogen and oxygen atoms in total. The van der Waals surface area contributed by atoms with Crippen LogP contribution < -0.4 is 0 Å². The lowest BCUT2D eigenvalue weighted by molar-refractivity contribution is 0.219. The van der Waals surface area contributed by atoms with Crippen LogP contribution in [0.3, 0.4) is 0 Å². The van der Waals surface area contributed by atoms with Gasteiger partial charge in [-0.1, -0.05) is 12.1 Å². The van der Waals surface area contributed by atoms with Gasteiger partial charge in [-0.2, -0.15) is 0 Å². The zero-order chi connectivity index (χ0) is 13.0. The summed E-state index contributed by atoms with van der Waals surface area (Å²) in [7, 11) is 0. The lowest BCUT2D eigenvalue weighted by atomic mass is 10.0. The average Bonchev–Trinajstić information content (AvgIpc) is 2.63. The van der Waals surface area contributed by atoms with E-state index in [-0.39, 0.29) is 28.2 Å². The van der Waals surface area contributed by atoms with Crippen LogP contribution in [0, 0.1) is 0 Å². The Labute approximate surface area is 102 Å². The van der Waals surface area contributed by atoms with Gasteiger partial charge in [0.2, 0.25) is 0 Å². The number of aliphatic hydroxyl groups excluding tert-OH is 1. The maximum Gasteiger partial charge on any atom is 0.164 e. The lowest BCUT2D eigenvalue weighted by Gasteiger charge is -2.10. The monoisotopic (exact) mass is 246 g/mol. The average molecular weight is 246 g/mol. The molecule has 0 amide bonds. The second-order valence-electron chi connectivity index (χ2n) is 4.20. The van der Waals surface area contributed by atoms with E-state index in [1.54, 1.807) is 12.1 Å². The third kappa shape index (κ3) is 1.14. The predicted molar refractivity (Wildman–Crippen MR) is 62.6 cm³/mol. The van der Waals surface area contributed by atoms with Crippen LogP contribution in [0.25, 0.3) is 11.1 Å². The summed E-state index contributed by atoms with van der Waals surface area (Å²) >= 11 is 0. The van der Waals surface area contributed by atoms with E-state index in [1.807, 2.05) is 0 Å². The van der Waals surface area contributed by atoms with Crippen LogP contribution >= 0.6 is 0 Å². The quantitative estimate of drug-likeness (QED) is 0.359. The van der Waals surface area contributed by atoms with Crippen LogP contribution in [-0.4, -0.2) is 25.5 Å². The topological polar surface area (TPSA) is 101 Å². The number of benzene rings is 2. The Bertz CT molecular complexity index is 663. The molecule has 2 aromatic carbocycles. The van der Waals surface area contributed by atoms with E-state index in [9.17, 15) is 25.5 Å². The largest absolute Gasteiger partial charge is 0.507 e. The first-order valence-corrected chi connectivity index (χ1v) is 5.30. The van der Waals surface area contributed by atoms with Crippen LogP contribution in [0.5, 0.6) is 23.0 Å². The number of phenols is 4. The van der Waals surface area contributed by atoms with Gasteiger partial charge in [0.15, 0.2) is 11.5 Å². The number of hydrogen-bond acceptors (Lipinski definition) is 5. The molecule has 0 bridgehead atoms. The number of phenolic OH excluding ortho intramolecular Hbond substituents is 4. The van der Waals surface area contributed by atoms with Crippen molar-refractivity contribution < 1.29 is 25.5 Å². The van der Waals surface area contributed by atoms with E-state index < -0.39 is 17.6 Å². The summed E-state index contributed by atoms with van der Waals surface area (Å²) < 4.78 is 0. The van der Waals surface area contributed by atoms with E-state index >= 15 is 0 Å². The van der Waals surface area contributed by atoms with Crippen molar-refractivity contribution in [2.45, 2.75) is 6.10 Å². The summed E-state index contributed by atoms with van der Waals surface area (Å²) in [6, 6.07) is 5.53. The van der Waals surface area contributed by atoms with Gasteiger partial charge in [-0.25, -0.2) is 0 Å². The van der Waals surface area contributed by atoms with Gasteiger partial charge in [0.05, 0.1) is 0 Å². The van der Waals surface area contributed by atoms with Gasteiger partial charge in [-0.3, -0.25) is 0 Å². The highest BCUT2D eigenvalue weighted by atomic mass is 16.3. The molecule has 5 N–H and O–H groups in total. The molecule has 0 saturated carbocycles. The summed E-state index contributed by atoms with van der Waals surface area (Å²) in [6.07, 6.45) is -1.19. The summed E-state index contributed by atoms with van der Waals surface area (Å²) in [5.41, 5.74) is 0.795. The van der Waals surface area contributed by atoms with Crippen molar-refractivity contribution in [1.82, 2.24) is 0 Å². The third-order valence-electron chi connectivity index (χ3n) is 3.19. The van der Waals surface area contributed by atoms with Gasteiger partial charge in [0, 0.05) is 22.8 Å². The Morgan fingerprint density at radius 1 is 0.833 bits per heavy atom. The Morgan fingerprint density at radius 3 is 2.28 bits per heavy atom. The number of aromatic hydroxyl groups is 4. The van der Waals surface area contributed by atoms with E-state index in [0.717, 1.165) is 6.07 Å². The minimum absolute atomic E-state index is 0.00370. The van der Waals surface area contributed by atoms with Crippen molar-refractivity contribution in [3.8, 4) is 34.1 Å². The van der Waals surface area contributed by atoms with Crippen molar-refractivity contribution in [1.29, 1.82) is 0 Å². The van der Waals surface area contributed by atoms with Gasteiger partial charge in [-0.15, -0.1) is 0 Å². The molecule has 0 aliphatic heterocycles. The molecular formula is C13H10O5. The van der Waals surface area contributed by atoms with Crippen LogP contribution in [0.1, 0.15) is 17.2 Å². The first-order valence-electron chi connectivity index (χ1n) is 5.30. The second kappa shape index (κ2) is 3.30. The van der Waals surface area contributed by atoms with E-state index in [0.29, 0.717) is 5.56 Å². The SMILES string of the molecule is Oc1cc(O)c2c(c1O)C(O)c1cccc(O)c1-2. The molecule has 18 heavy (non-hydrogen) atoms. The van der Waals surface area contributed by atoms with Crippen LogP contribution in [0.2, 0.25) is 0 Å². The minimum atomic E-state index is -1.19. The highest BCUT2D eigenvalue weighted by Crippen LogP contribution is 2.56. The molecule has 0 heterocycles. The Hall–Kier alpha value is -2.40. The number of rotatable bonds is 0. The lowest BCUT2D eigenvalue weighted by Crippen LogP contribution is -1.94. The van der Waals surface area contributed by atoms with Crippen molar-refractivity contribution in [3.05, 3.63) is 35.4 Å². The van der Waals surface area contributed by atoms with Crippen molar-refractivity contribution in [3.63, 3.8) is 0 Å². The molecule has 0 radical (unpaired) electrons. The van der Waals surface area contributed by atoms with Gasteiger partial charge < -0.3 is 25.5 Å². The standard InChI is InChI=1S/C13H10O5/c14-6-3-1-2-5-9(6)10-7(15)4-8(16)13(18)11(10)12(5)17/h1-4,12,14-18H. The van der Waals surface area contributed by atoms with Crippen molar-refractivity contribution in [2.24, 2.45) is 0 Å². The normalized spacial score (nSPS) is 16.4. The maximum absolute atomic E-state index is 10.1. The number of aliphatic hydroxyl groups is 1. The highest BCUT2D eigenvalue weighted by Gasteiger charge is 2.35.